The molecule has 0 saturated heterocycles. The van der Waals surface area contributed by atoms with Crippen LogP contribution in [0.2, 0.25) is 0 Å². The van der Waals surface area contributed by atoms with Crippen molar-refractivity contribution in [2.45, 2.75) is 11.1 Å². The van der Waals surface area contributed by atoms with Crippen LogP contribution in [-0.4, -0.2) is 69.2 Å². The van der Waals surface area contributed by atoms with Gasteiger partial charge in [0.1, 0.15) is 56.4 Å². The molecule has 2 aromatic heterocycles. The second-order valence-electron chi connectivity index (χ2n) is 9.35. The van der Waals surface area contributed by atoms with Crippen LogP contribution in [0.1, 0.15) is 21.5 Å². The van der Waals surface area contributed by atoms with E-state index in [1.807, 2.05) is 0 Å². The Morgan fingerprint density at radius 2 is 1.09 bits per heavy atom. The molecule has 0 atom stereocenters. The van der Waals surface area contributed by atoms with Gasteiger partial charge >= 0.3 is 6.18 Å². The van der Waals surface area contributed by atoms with Crippen molar-refractivity contribution in [2.24, 2.45) is 0 Å². The lowest BCUT2D eigenvalue weighted by atomic mass is 9.99. The summed E-state index contributed by atoms with van der Waals surface area (Å²) in [4.78, 5) is 14.7. The van der Waals surface area contributed by atoms with Crippen LogP contribution >= 0.6 is 0 Å². The Morgan fingerprint density at radius 3 is 1.57 bits per heavy atom. The molecule has 224 valence electrons. The van der Waals surface area contributed by atoms with Gasteiger partial charge in [0, 0.05) is 12.1 Å². The molecule has 0 spiro atoms. The van der Waals surface area contributed by atoms with Gasteiger partial charge in [-0.25, -0.2) is 0 Å². The Bertz CT molecular complexity index is 2280. The number of ketones is 1. The number of aromatic hydroxyl groups is 4. The Balaban J connectivity index is 1.42. The first-order valence-corrected chi connectivity index (χ1v) is 13.5. The van der Waals surface area contributed by atoms with Crippen LogP contribution in [-0.2, 0) is 16.3 Å². The summed E-state index contributed by atoms with van der Waals surface area (Å²) in [5, 5.41) is 58.0. The van der Waals surface area contributed by atoms with Gasteiger partial charge in [0.05, 0.1) is 21.6 Å². The van der Waals surface area contributed by atoms with Gasteiger partial charge < -0.3 is 20.4 Å². The molecule has 0 saturated carbocycles. The molecule has 0 aliphatic heterocycles. The SMILES string of the molecule is O=C(c1cc(-n2nc3ccc(C(F)(F)F)cc3n2)c(O)cc1O)c1cc(-n2nc3ccc(S(=O)(=O)O)cc3n2)c(O)cc1O. The largest absolute Gasteiger partial charge is 0.507 e. The third kappa shape index (κ3) is 4.86. The van der Waals surface area contributed by atoms with Crippen LogP contribution in [0.3, 0.4) is 0 Å². The van der Waals surface area contributed by atoms with Crippen molar-refractivity contribution < 1.29 is 51.4 Å². The number of fused-ring (bicyclic) bond motifs is 2. The van der Waals surface area contributed by atoms with Gasteiger partial charge in [-0.15, -0.1) is 30.0 Å². The minimum absolute atomic E-state index is 0.0113. The summed E-state index contributed by atoms with van der Waals surface area (Å²) < 4.78 is 71.6. The zero-order valence-electron chi connectivity index (χ0n) is 21.5. The first kappa shape index (κ1) is 28.4. The molecule has 4 aromatic carbocycles. The fraction of sp³-hybridized carbons (Fsp3) is 0.0385. The summed E-state index contributed by atoms with van der Waals surface area (Å²) in [6, 6.07) is 9.40. The fourth-order valence-electron chi connectivity index (χ4n) is 4.32. The number of halogens is 3. The molecule has 0 aliphatic carbocycles. The van der Waals surface area contributed by atoms with E-state index >= 15 is 0 Å². The zero-order valence-corrected chi connectivity index (χ0v) is 22.3. The topological polar surface area (TPSA) is 214 Å². The van der Waals surface area contributed by atoms with Crippen molar-refractivity contribution in [3.05, 3.63) is 77.4 Å². The third-order valence-corrected chi connectivity index (χ3v) is 7.31. The number of phenolic OH excluding ortho intramolecular Hbond substituents is 4. The average molecular weight is 629 g/mol. The maximum absolute atomic E-state index is 13.5. The summed E-state index contributed by atoms with van der Waals surface area (Å²) in [7, 11) is -4.56. The highest BCUT2D eigenvalue weighted by atomic mass is 32.2. The van der Waals surface area contributed by atoms with Crippen molar-refractivity contribution in [2.75, 3.05) is 0 Å². The zero-order chi connectivity index (χ0) is 31.7. The van der Waals surface area contributed by atoms with E-state index in [1.165, 1.54) is 6.07 Å². The quantitative estimate of drug-likeness (QED) is 0.137. The molecule has 0 aliphatic rings. The van der Waals surface area contributed by atoms with Crippen molar-refractivity contribution in [1.82, 2.24) is 30.0 Å². The number of benzene rings is 4. The van der Waals surface area contributed by atoms with E-state index in [2.05, 4.69) is 20.4 Å². The molecule has 0 amide bonds. The first-order valence-electron chi connectivity index (χ1n) is 12.1. The predicted octanol–water partition coefficient (Wildman–Crippen LogP) is 3.47. The molecular formula is C26H15F3N6O8S. The molecule has 5 N–H and O–H groups in total. The lowest BCUT2D eigenvalue weighted by Crippen LogP contribution is -2.08. The lowest BCUT2D eigenvalue weighted by molar-refractivity contribution is -0.137. The molecule has 0 fully saturated rings. The van der Waals surface area contributed by atoms with Gasteiger partial charge in [-0.05, 0) is 48.5 Å². The van der Waals surface area contributed by atoms with Crippen LogP contribution in [0.5, 0.6) is 23.0 Å². The van der Waals surface area contributed by atoms with Crippen LogP contribution in [0.4, 0.5) is 13.2 Å². The van der Waals surface area contributed by atoms with Gasteiger partial charge in [0.25, 0.3) is 10.1 Å². The Labute approximate surface area is 242 Å². The molecule has 6 aromatic rings. The normalized spacial score (nSPS) is 12.3. The van der Waals surface area contributed by atoms with Crippen molar-refractivity contribution >= 4 is 38.0 Å². The van der Waals surface area contributed by atoms with E-state index in [0.29, 0.717) is 0 Å². The van der Waals surface area contributed by atoms with Crippen molar-refractivity contribution in [3.63, 3.8) is 0 Å². The van der Waals surface area contributed by atoms with Gasteiger partial charge in [-0.2, -0.15) is 21.6 Å². The number of hydrogen-bond donors (Lipinski definition) is 5. The van der Waals surface area contributed by atoms with Crippen LogP contribution in [0, 0.1) is 0 Å². The number of hydrogen-bond acceptors (Lipinski definition) is 11. The number of carbonyl (C=O) groups excluding carboxylic acids is 1. The Kier molecular flexibility index (Phi) is 6.22. The highest BCUT2D eigenvalue weighted by Gasteiger charge is 2.31. The van der Waals surface area contributed by atoms with E-state index in [1.54, 1.807) is 0 Å². The summed E-state index contributed by atoms with van der Waals surface area (Å²) in [5.74, 6) is -3.76. The lowest BCUT2D eigenvalue weighted by Gasteiger charge is -2.12. The molecule has 0 radical (unpaired) electrons. The molecule has 0 unspecified atom stereocenters. The minimum Gasteiger partial charge on any atom is -0.507 e. The van der Waals surface area contributed by atoms with Crippen LogP contribution < -0.4 is 0 Å². The Hall–Kier alpha value is -5.75. The molecule has 44 heavy (non-hydrogen) atoms. The average Bonchev–Trinajstić information content (AvgIpc) is 3.55. The number of carbonyl (C=O) groups is 1. The number of nitrogens with zero attached hydrogens (tertiary/aromatic N) is 6. The van der Waals surface area contributed by atoms with Gasteiger partial charge in [-0.1, -0.05) is 0 Å². The van der Waals surface area contributed by atoms with E-state index in [9.17, 15) is 51.4 Å². The second-order valence-corrected chi connectivity index (χ2v) is 10.8. The predicted molar refractivity (Wildman–Crippen MR) is 143 cm³/mol. The molecule has 6 rings (SSSR count). The van der Waals surface area contributed by atoms with Gasteiger partial charge in [0.15, 0.2) is 0 Å². The third-order valence-electron chi connectivity index (χ3n) is 6.46. The Morgan fingerprint density at radius 1 is 0.636 bits per heavy atom. The van der Waals surface area contributed by atoms with E-state index < -0.39 is 66.7 Å². The smallest absolute Gasteiger partial charge is 0.416 e. The monoisotopic (exact) mass is 628 g/mol. The molecule has 2 heterocycles. The maximum Gasteiger partial charge on any atom is 0.416 e. The summed E-state index contributed by atoms with van der Waals surface area (Å²) >= 11 is 0. The molecule has 14 nitrogen and oxygen atoms in total. The maximum atomic E-state index is 13.5. The first-order chi connectivity index (χ1) is 20.6. The number of phenols is 4. The minimum atomic E-state index is -4.65. The summed E-state index contributed by atoms with van der Waals surface area (Å²) in [6.07, 6.45) is -4.65. The fourth-order valence-corrected chi connectivity index (χ4v) is 4.82. The van der Waals surface area contributed by atoms with Crippen molar-refractivity contribution in [1.29, 1.82) is 0 Å². The van der Waals surface area contributed by atoms with Crippen LogP contribution in [0.15, 0.2) is 65.6 Å². The highest BCUT2D eigenvalue weighted by Crippen LogP contribution is 2.36. The van der Waals surface area contributed by atoms with E-state index in [-0.39, 0.29) is 33.4 Å². The van der Waals surface area contributed by atoms with Gasteiger partial charge in [-0.3, -0.25) is 9.35 Å². The van der Waals surface area contributed by atoms with Crippen molar-refractivity contribution in [3.8, 4) is 34.4 Å². The molecule has 0 bridgehead atoms. The standard InChI is InChI=1S/C26H15F3N6O8S/c27-26(28,29)11-1-3-15-17(5-11)32-34(30-15)19-7-13(21(36)9-23(19)38)25(40)14-8-20(24(39)10-22(14)37)35-31-16-4-2-12(44(41,42)43)6-18(16)33-35/h1-10,36-39H,(H,41,42,43). The summed E-state index contributed by atoms with van der Waals surface area (Å²) in [6.45, 7) is 0. The van der Waals surface area contributed by atoms with E-state index in [0.717, 1.165) is 64.2 Å². The summed E-state index contributed by atoms with van der Waals surface area (Å²) in [5.41, 5.74) is -2.55. The number of alkyl halides is 3. The number of aromatic nitrogens is 6. The van der Waals surface area contributed by atoms with Crippen LogP contribution in [0.25, 0.3) is 33.4 Å². The highest BCUT2D eigenvalue weighted by molar-refractivity contribution is 7.85. The van der Waals surface area contributed by atoms with Gasteiger partial charge in [0.2, 0.25) is 5.78 Å². The molecular weight excluding hydrogens is 613 g/mol. The second kappa shape index (κ2) is 9.64. The molecule has 18 heteroatoms. The van der Waals surface area contributed by atoms with E-state index in [4.69, 9.17) is 0 Å². The number of rotatable bonds is 5.